The molecule has 0 aromatic heterocycles. The van der Waals surface area contributed by atoms with Crippen LogP contribution in [0, 0.1) is 6.92 Å². The molecule has 4 rings (SSSR count). The lowest BCUT2D eigenvalue weighted by molar-refractivity contribution is -0.142. The number of carbonyl (C=O) groups excluding carboxylic acids is 1. The molecule has 2 atom stereocenters. The minimum absolute atomic E-state index is 0.0586. The summed E-state index contributed by atoms with van der Waals surface area (Å²) >= 11 is 0. The van der Waals surface area contributed by atoms with E-state index in [0.717, 1.165) is 25.1 Å². The summed E-state index contributed by atoms with van der Waals surface area (Å²) in [6, 6.07) is 21.7. The highest BCUT2D eigenvalue weighted by Gasteiger charge is 2.40. The predicted molar refractivity (Wildman–Crippen MR) is 161 cm³/mol. The molecule has 10 heteroatoms. The molecule has 3 aromatic rings. The van der Waals surface area contributed by atoms with E-state index in [1.165, 1.54) is 22.0 Å². The molecule has 0 unspecified atom stereocenters. The highest BCUT2D eigenvalue weighted by molar-refractivity contribution is 7.89. The quantitative estimate of drug-likeness (QED) is 0.273. The first-order valence-corrected chi connectivity index (χ1v) is 15.6. The third-order valence-corrected chi connectivity index (χ3v) is 9.28. The molecule has 0 bridgehead atoms. The summed E-state index contributed by atoms with van der Waals surface area (Å²) in [6.07, 6.45) is 1.77. The molecule has 9 nitrogen and oxygen atoms in total. The van der Waals surface area contributed by atoms with E-state index in [0.29, 0.717) is 30.8 Å². The van der Waals surface area contributed by atoms with E-state index in [1.807, 2.05) is 25.1 Å². The molecule has 42 heavy (non-hydrogen) atoms. The van der Waals surface area contributed by atoms with Gasteiger partial charge in [-0.2, -0.15) is 4.31 Å². The number of carboxylic acids is 1. The summed E-state index contributed by atoms with van der Waals surface area (Å²) < 4.78 is 33.5. The Balaban J connectivity index is 1.27. The van der Waals surface area contributed by atoms with Gasteiger partial charge >= 0.3 is 5.97 Å². The Bertz CT molecular complexity index is 1430. The lowest BCUT2D eigenvalue weighted by atomic mass is 10.1. The molecule has 2 N–H and O–H groups in total. The van der Waals surface area contributed by atoms with Crippen molar-refractivity contribution in [3.63, 3.8) is 0 Å². The summed E-state index contributed by atoms with van der Waals surface area (Å²) in [6.45, 7) is 4.38. The largest absolute Gasteiger partial charge is 0.494 e. The van der Waals surface area contributed by atoms with Crippen molar-refractivity contribution in [2.75, 3.05) is 26.7 Å². The number of carboxylic acid groups (broad SMARTS) is 1. The van der Waals surface area contributed by atoms with Crippen LogP contribution in [0.3, 0.4) is 0 Å². The van der Waals surface area contributed by atoms with Gasteiger partial charge < -0.3 is 20.1 Å². The number of amides is 1. The van der Waals surface area contributed by atoms with E-state index in [-0.39, 0.29) is 17.9 Å². The molecule has 0 saturated carbocycles. The van der Waals surface area contributed by atoms with Crippen LogP contribution in [-0.4, -0.2) is 73.4 Å². The fraction of sp³-hybridized carbons (Fsp3) is 0.375. The molecule has 1 amide bonds. The average molecular weight is 594 g/mol. The minimum Gasteiger partial charge on any atom is -0.494 e. The van der Waals surface area contributed by atoms with Crippen molar-refractivity contribution < 1.29 is 27.9 Å². The maximum absolute atomic E-state index is 13.2. The van der Waals surface area contributed by atoms with Gasteiger partial charge in [0.2, 0.25) is 15.9 Å². The average Bonchev–Trinajstić information content (AvgIpc) is 3.48. The minimum atomic E-state index is -3.89. The number of aliphatic carboxylic acids is 1. The molecule has 1 aliphatic heterocycles. The van der Waals surface area contributed by atoms with Crippen LogP contribution in [0.1, 0.15) is 36.0 Å². The zero-order valence-corrected chi connectivity index (χ0v) is 24.9. The van der Waals surface area contributed by atoms with Gasteiger partial charge in [-0.25, -0.2) is 13.2 Å². The molecule has 0 aliphatic carbocycles. The molecule has 224 valence electrons. The predicted octanol–water partition coefficient (Wildman–Crippen LogP) is 3.86. The van der Waals surface area contributed by atoms with Crippen molar-refractivity contribution in [1.29, 1.82) is 0 Å². The van der Waals surface area contributed by atoms with Crippen LogP contribution >= 0.6 is 0 Å². The van der Waals surface area contributed by atoms with Gasteiger partial charge in [-0.3, -0.25) is 4.79 Å². The van der Waals surface area contributed by atoms with Gasteiger partial charge in [0.15, 0.2) is 0 Å². The monoisotopic (exact) mass is 593 g/mol. The van der Waals surface area contributed by atoms with Crippen LogP contribution in [0.25, 0.3) is 0 Å². The Hall–Kier alpha value is -3.73. The third-order valence-electron chi connectivity index (χ3n) is 7.36. The Morgan fingerprint density at radius 3 is 2.38 bits per heavy atom. The molecular weight excluding hydrogens is 554 g/mol. The number of benzene rings is 3. The second kappa shape index (κ2) is 14.4. The lowest BCUT2D eigenvalue weighted by Gasteiger charge is -2.25. The zero-order valence-electron chi connectivity index (χ0n) is 24.1. The van der Waals surface area contributed by atoms with Crippen LogP contribution in [0.15, 0.2) is 83.8 Å². The normalized spacial score (nSPS) is 16.3. The molecule has 1 heterocycles. The second-order valence-electron chi connectivity index (χ2n) is 10.8. The van der Waals surface area contributed by atoms with Crippen molar-refractivity contribution in [2.24, 2.45) is 0 Å². The lowest BCUT2D eigenvalue weighted by Crippen LogP contribution is -2.51. The topological polar surface area (TPSA) is 116 Å². The fourth-order valence-corrected chi connectivity index (χ4v) is 6.72. The number of ether oxygens (including phenoxy) is 1. The molecule has 1 fully saturated rings. The van der Waals surface area contributed by atoms with Crippen LogP contribution in [0.5, 0.6) is 5.75 Å². The number of hydrogen-bond acceptors (Lipinski definition) is 6. The number of aryl methyl sites for hydroxylation is 1. The van der Waals surface area contributed by atoms with Gasteiger partial charge in [-0.15, -0.1) is 0 Å². The summed E-state index contributed by atoms with van der Waals surface area (Å²) in [7, 11) is -1.81. The first kappa shape index (κ1) is 31.2. The Labute approximate surface area is 248 Å². The van der Waals surface area contributed by atoms with Crippen molar-refractivity contribution in [3.05, 3.63) is 95.6 Å². The molecule has 1 aliphatic rings. The van der Waals surface area contributed by atoms with E-state index in [1.54, 1.807) is 36.4 Å². The van der Waals surface area contributed by atoms with E-state index >= 15 is 0 Å². The smallest absolute Gasteiger partial charge is 0.326 e. The van der Waals surface area contributed by atoms with Crippen LogP contribution in [0.2, 0.25) is 0 Å². The van der Waals surface area contributed by atoms with Gasteiger partial charge in [-0.1, -0.05) is 60.2 Å². The van der Waals surface area contributed by atoms with Gasteiger partial charge in [0.25, 0.3) is 0 Å². The first-order chi connectivity index (χ1) is 20.1. The standard InChI is InChI=1S/C32H39N3O6S/c1-24-11-17-28(18-12-24)42(39,40)35-20-6-10-30(35)31(36)33-29(32(37)38)22-25-13-15-27(16-14-25)41-21-7-19-34(2)23-26-8-4-3-5-9-26/h3-5,8-9,11-18,29-30H,6-7,10,19-23H2,1-2H3,(H,33,36)(H,37,38)/t29-,30-/m0/s1. The molecule has 1 saturated heterocycles. The van der Waals surface area contributed by atoms with E-state index in [2.05, 4.69) is 29.4 Å². The second-order valence-corrected chi connectivity index (χ2v) is 12.7. The number of sulfonamides is 1. The Morgan fingerprint density at radius 2 is 1.71 bits per heavy atom. The van der Waals surface area contributed by atoms with E-state index in [9.17, 15) is 23.1 Å². The van der Waals surface area contributed by atoms with Crippen molar-refractivity contribution in [1.82, 2.24) is 14.5 Å². The van der Waals surface area contributed by atoms with Gasteiger partial charge in [0, 0.05) is 26.1 Å². The van der Waals surface area contributed by atoms with Crippen molar-refractivity contribution >= 4 is 21.9 Å². The molecular formula is C32H39N3O6S. The van der Waals surface area contributed by atoms with Gasteiger partial charge in [0.05, 0.1) is 11.5 Å². The maximum atomic E-state index is 13.2. The molecule has 0 radical (unpaired) electrons. The zero-order chi connectivity index (χ0) is 30.1. The Morgan fingerprint density at radius 1 is 1.02 bits per heavy atom. The van der Waals surface area contributed by atoms with Gasteiger partial charge in [-0.05, 0) is 68.6 Å². The summed E-state index contributed by atoms with van der Waals surface area (Å²) in [5, 5.41) is 12.4. The van der Waals surface area contributed by atoms with Gasteiger partial charge in [0.1, 0.15) is 17.8 Å². The van der Waals surface area contributed by atoms with E-state index < -0.39 is 34.0 Å². The Kier molecular flexibility index (Phi) is 10.7. The molecule has 0 spiro atoms. The highest BCUT2D eigenvalue weighted by Crippen LogP contribution is 2.27. The number of hydrogen-bond donors (Lipinski definition) is 2. The number of nitrogens with one attached hydrogen (secondary N) is 1. The summed E-state index contributed by atoms with van der Waals surface area (Å²) in [5.41, 5.74) is 2.91. The van der Waals surface area contributed by atoms with E-state index in [4.69, 9.17) is 4.74 Å². The van der Waals surface area contributed by atoms with Crippen LogP contribution in [0.4, 0.5) is 0 Å². The number of nitrogens with zero attached hydrogens (tertiary/aromatic N) is 2. The maximum Gasteiger partial charge on any atom is 0.326 e. The SMILES string of the molecule is Cc1ccc(S(=O)(=O)N2CCC[C@H]2C(=O)N[C@@H](Cc2ccc(OCCCN(C)Cc3ccccc3)cc2)C(=O)O)cc1. The fourth-order valence-electron chi connectivity index (χ4n) is 5.06. The first-order valence-electron chi connectivity index (χ1n) is 14.2. The number of rotatable bonds is 14. The number of carbonyl (C=O) groups is 2. The van der Waals surface area contributed by atoms with Crippen molar-refractivity contribution in [2.45, 2.75) is 56.1 Å². The summed E-state index contributed by atoms with van der Waals surface area (Å²) in [5.74, 6) is -1.11. The van der Waals surface area contributed by atoms with Crippen molar-refractivity contribution in [3.8, 4) is 5.75 Å². The third kappa shape index (κ3) is 8.40. The summed E-state index contributed by atoms with van der Waals surface area (Å²) in [4.78, 5) is 27.5. The molecule has 3 aromatic carbocycles. The van der Waals surface area contributed by atoms with Crippen LogP contribution in [-0.2, 0) is 32.6 Å². The highest BCUT2D eigenvalue weighted by atomic mass is 32.2. The van der Waals surface area contributed by atoms with Crippen LogP contribution < -0.4 is 10.1 Å².